The van der Waals surface area contributed by atoms with E-state index in [0.29, 0.717) is 19.5 Å². The molecule has 2 aromatic rings. The number of imidazole rings is 1. The molecule has 0 fully saturated rings. The minimum absolute atomic E-state index is 0.223. The summed E-state index contributed by atoms with van der Waals surface area (Å²) in [5.74, 6) is -0.223. The summed E-state index contributed by atoms with van der Waals surface area (Å²) in [5, 5.41) is 10.6. The Morgan fingerprint density at radius 3 is 3.00 bits per heavy atom. The Hall–Kier alpha value is -2.25. The predicted octanol–water partition coefficient (Wildman–Crippen LogP) is -1.07. The van der Waals surface area contributed by atoms with E-state index in [1.165, 1.54) is 11.0 Å². The van der Waals surface area contributed by atoms with Gasteiger partial charge in [-0.25, -0.2) is 13.8 Å². The van der Waals surface area contributed by atoms with Crippen LogP contribution in [-0.2, 0) is 29.7 Å². The smallest absolute Gasteiger partial charge is 0.309 e. The molecule has 0 N–H and O–H groups in total. The van der Waals surface area contributed by atoms with E-state index in [-0.39, 0.29) is 12.6 Å². The SMILES string of the molecule is C[n+]1ccn(CCC(=O)OCCn2cnnn2)c1. The molecule has 8 nitrogen and oxygen atoms in total. The zero-order valence-corrected chi connectivity index (χ0v) is 10.1. The third-order valence-corrected chi connectivity index (χ3v) is 2.37. The number of rotatable bonds is 6. The Morgan fingerprint density at radius 1 is 1.44 bits per heavy atom. The molecule has 2 aromatic heterocycles. The van der Waals surface area contributed by atoms with Gasteiger partial charge in [-0.05, 0) is 10.4 Å². The normalized spacial score (nSPS) is 10.5. The van der Waals surface area contributed by atoms with Crippen molar-refractivity contribution in [2.45, 2.75) is 19.5 Å². The van der Waals surface area contributed by atoms with Crippen LogP contribution in [0.3, 0.4) is 0 Å². The Kier molecular flexibility index (Phi) is 4.00. The molecule has 0 aliphatic heterocycles. The van der Waals surface area contributed by atoms with Crippen LogP contribution in [0.2, 0.25) is 0 Å². The van der Waals surface area contributed by atoms with Crippen molar-refractivity contribution in [3.63, 3.8) is 0 Å². The van der Waals surface area contributed by atoms with Gasteiger partial charge in [0.1, 0.15) is 31.9 Å². The first-order chi connectivity index (χ1) is 8.74. The summed E-state index contributed by atoms with van der Waals surface area (Å²) in [4.78, 5) is 11.4. The maximum Gasteiger partial charge on any atom is 0.309 e. The highest BCUT2D eigenvalue weighted by Gasteiger charge is 2.07. The average Bonchev–Trinajstić information content (AvgIpc) is 2.98. The molecular formula is C10H15N6O2+. The second kappa shape index (κ2) is 5.89. The van der Waals surface area contributed by atoms with Gasteiger partial charge >= 0.3 is 5.97 Å². The quantitative estimate of drug-likeness (QED) is 0.482. The van der Waals surface area contributed by atoms with Gasteiger partial charge in [-0.15, -0.1) is 5.10 Å². The monoisotopic (exact) mass is 251 g/mol. The Labute approximate surface area is 104 Å². The lowest BCUT2D eigenvalue weighted by Crippen LogP contribution is -2.24. The lowest BCUT2D eigenvalue weighted by molar-refractivity contribution is -0.671. The van der Waals surface area contributed by atoms with E-state index < -0.39 is 0 Å². The van der Waals surface area contributed by atoms with Gasteiger partial charge in [0.05, 0.1) is 20.0 Å². The molecular weight excluding hydrogens is 236 g/mol. The van der Waals surface area contributed by atoms with Gasteiger partial charge in [-0.2, -0.15) is 0 Å². The van der Waals surface area contributed by atoms with E-state index in [4.69, 9.17) is 4.74 Å². The molecule has 0 amide bonds. The van der Waals surface area contributed by atoms with E-state index in [0.717, 1.165) is 0 Å². The van der Waals surface area contributed by atoms with Crippen LogP contribution >= 0.6 is 0 Å². The fourth-order valence-corrected chi connectivity index (χ4v) is 1.46. The number of hydrogen-bond donors (Lipinski definition) is 0. The molecule has 8 heteroatoms. The van der Waals surface area contributed by atoms with Gasteiger partial charge in [0.2, 0.25) is 6.33 Å². The maximum absolute atomic E-state index is 11.4. The number of tetrazole rings is 1. The summed E-state index contributed by atoms with van der Waals surface area (Å²) in [7, 11) is 1.93. The first-order valence-corrected chi connectivity index (χ1v) is 5.61. The number of aromatic nitrogens is 6. The summed E-state index contributed by atoms with van der Waals surface area (Å²) in [6, 6.07) is 0. The zero-order valence-electron chi connectivity index (χ0n) is 10.1. The highest BCUT2D eigenvalue weighted by molar-refractivity contribution is 5.69. The van der Waals surface area contributed by atoms with E-state index in [1.54, 1.807) is 0 Å². The zero-order chi connectivity index (χ0) is 12.8. The number of nitrogens with zero attached hydrogens (tertiary/aromatic N) is 6. The lowest BCUT2D eigenvalue weighted by Gasteiger charge is -2.03. The second-order valence-electron chi connectivity index (χ2n) is 3.86. The third kappa shape index (κ3) is 3.65. The number of aryl methyl sites for hydroxylation is 2. The van der Waals surface area contributed by atoms with Crippen LogP contribution < -0.4 is 4.57 Å². The number of ether oxygens (including phenoxy) is 1. The first-order valence-electron chi connectivity index (χ1n) is 5.61. The Bertz CT molecular complexity index is 492. The van der Waals surface area contributed by atoms with Crippen LogP contribution in [0.25, 0.3) is 0 Å². The van der Waals surface area contributed by atoms with Crippen molar-refractivity contribution < 1.29 is 14.1 Å². The van der Waals surface area contributed by atoms with Gasteiger partial charge in [0, 0.05) is 0 Å². The van der Waals surface area contributed by atoms with E-state index in [9.17, 15) is 4.79 Å². The van der Waals surface area contributed by atoms with Crippen LogP contribution in [0.1, 0.15) is 6.42 Å². The Balaban J connectivity index is 1.63. The van der Waals surface area contributed by atoms with Crippen LogP contribution in [-0.4, -0.2) is 37.4 Å². The molecule has 0 saturated carbocycles. The molecule has 0 aliphatic carbocycles. The molecule has 0 atom stereocenters. The molecule has 0 radical (unpaired) electrons. The summed E-state index contributed by atoms with van der Waals surface area (Å²) in [6.45, 7) is 1.37. The predicted molar refractivity (Wildman–Crippen MR) is 59.0 cm³/mol. The molecule has 96 valence electrons. The van der Waals surface area contributed by atoms with E-state index in [2.05, 4.69) is 15.5 Å². The first kappa shape index (κ1) is 12.2. The molecule has 18 heavy (non-hydrogen) atoms. The van der Waals surface area contributed by atoms with Crippen LogP contribution in [0.4, 0.5) is 0 Å². The van der Waals surface area contributed by atoms with Crippen molar-refractivity contribution in [2.75, 3.05) is 6.61 Å². The largest absolute Gasteiger partial charge is 0.464 e. The molecule has 2 rings (SSSR count). The second-order valence-corrected chi connectivity index (χ2v) is 3.86. The van der Waals surface area contributed by atoms with E-state index in [1.807, 2.05) is 34.9 Å². The molecule has 0 saturated heterocycles. The van der Waals surface area contributed by atoms with Crippen LogP contribution in [0.5, 0.6) is 0 Å². The number of hydrogen-bond acceptors (Lipinski definition) is 5. The van der Waals surface area contributed by atoms with Gasteiger partial charge in [0.15, 0.2) is 0 Å². The number of esters is 1. The standard InChI is InChI=1S/C10H15N6O2/c1-14-4-5-15(9-14)3-2-10(17)18-7-6-16-8-11-12-13-16/h4-5,8-9H,2-3,6-7H2,1H3/q+1. The molecule has 0 bridgehead atoms. The van der Waals surface area contributed by atoms with Gasteiger partial charge in [0.25, 0.3) is 0 Å². The average molecular weight is 251 g/mol. The number of carbonyl (C=O) groups excluding carboxylic acids is 1. The van der Waals surface area contributed by atoms with Crippen molar-refractivity contribution in [3.05, 3.63) is 25.0 Å². The van der Waals surface area contributed by atoms with Crippen LogP contribution in [0, 0.1) is 0 Å². The summed E-state index contributed by atoms with van der Waals surface area (Å²) in [5.41, 5.74) is 0. The molecule has 0 aromatic carbocycles. The fraction of sp³-hybridized carbons (Fsp3) is 0.500. The molecule has 2 heterocycles. The highest BCUT2D eigenvalue weighted by atomic mass is 16.5. The minimum Gasteiger partial charge on any atom is -0.464 e. The van der Waals surface area contributed by atoms with Crippen molar-refractivity contribution in [2.24, 2.45) is 7.05 Å². The maximum atomic E-state index is 11.4. The van der Waals surface area contributed by atoms with Crippen molar-refractivity contribution >= 4 is 5.97 Å². The van der Waals surface area contributed by atoms with Crippen molar-refractivity contribution in [1.29, 1.82) is 0 Å². The Morgan fingerprint density at radius 2 is 2.33 bits per heavy atom. The number of carbonyl (C=O) groups is 1. The van der Waals surface area contributed by atoms with Crippen LogP contribution in [0.15, 0.2) is 25.0 Å². The summed E-state index contributed by atoms with van der Waals surface area (Å²) in [6.07, 6.45) is 7.57. The summed E-state index contributed by atoms with van der Waals surface area (Å²) < 4.78 is 10.4. The van der Waals surface area contributed by atoms with E-state index >= 15 is 0 Å². The van der Waals surface area contributed by atoms with Gasteiger partial charge < -0.3 is 4.74 Å². The fourth-order valence-electron chi connectivity index (χ4n) is 1.46. The lowest BCUT2D eigenvalue weighted by atomic mass is 10.4. The third-order valence-electron chi connectivity index (χ3n) is 2.37. The van der Waals surface area contributed by atoms with Crippen molar-refractivity contribution in [1.82, 2.24) is 24.8 Å². The topological polar surface area (TPSA) is 78.7 Å². The summed E-state index contributed by atoms with van der Waals surface area (Å²) >= 11 is 0. The molecule has 0 aliphatic rings. The molecule has 0 unspecified atom stereocenters. The highest BCUT2D eigenvalue weighted by Crippen LogP contribution is 1.93. The van der Waals surface area contributed by atoms with Gasteiger partial charge in [-0.1, -0.05) is 0 Å². The molecule has 0 spiro atoms. The van der Waals surface area contributed by atoms with Gasteiger partial charge in [-0.3, -0.25) is 4.79 Å². The van der Waals surface area contributed by atoms with Crippen molar-refractivity contribution in [3.8, 4) is 0 Å². The minimum atomic E-state index is -0.223.